The second kappa shape index (κ2) is 4.78. The number of carbonyl (C=O) groups is 2. The number of Topliss-reactive ketones (excluding diaryl/α,β-unsaturated/α-hetero) is 1. The van der Waals surface area contributed by atoms with E-state index >= 15 is 0 Å². The lowest BCUT2D eigenvalue weighted by Crippen LogP contribution is -2.33. The maximum Gasteiger partial charge on any atom is 0.161 e. The minimum Gasteiger partial charge on any atom is -0.334 e. The van der Waals surface area contributed by atoms with Crippen LogP contribution in [-0.4, -0.2) is 18.1 Å². The molecule has 1 aliphatic heterocycles. The lowest BCUT2D eigenvalue weighted by molar-refractivity contribution is -0.113. The van der Waals surface area contributed by atoms with Gasteiger partial charge in [0.1, 0.15) is 12.3 Å². The van der Waals surface area contributed by atoms with Crippen LogP contribution in [0.2, 0.25) is 0 Å². The van der Waals surface area contributed by atoms with Crippen molar-refractivity contribution in [3.63, 3.8) is 0 Å². The normalized spacial score (nSPS) is 18.8. The third-order valence-electron chi connectivity index (χ3n) is 2.67. The zero-order valence-corrected chi connectivity index (χ0v) is 9.54. The van der Waals surface area contributed by atoms with Crippen molar-refractivity contribution in [2.75, 3.05) is 4.90 Å². The van der Waals surface area contributed by atoms with Gasteiger partial charge in [-0.1, -0.05) is 30.4 Å². The van der Waals surface area contributed by atoms with Crippen molar-refractivity contribution in [3.05, 3.63) is 54.3 Å². The molecule has 0 saturated heterocycles. The number of hydrogen-bond acceptors (Lipinski definition) is 3. The van der Waals surface area contributed by atoms with E-state index in [1.54, 1.807) is 23.3 Å². The van der Waals surface area contributed by atoms with Gasteiger partial charge in [0.2, 0.25) is 0 Å². The van der Waals surface area contributed by atoms with Gasteiger partial charge in [0.15, 0.2) is 5.78 Å². The number of aldehydes is 1. The summed E-state index contributed by atoms with van der Waals surface area (Å²) in [6.45, 7) is 1.51. The maximum atomic E-state index is 11.3. The number of rotatable bonds is 3. The molecule has 3 heteroatoms. The van der Waals surface area contributed by atoms with Gasteiger partial charge in [-0.3, -0.25) is 4.79 Å². The predicted octanol–water partition coefficient (Wildman–Crippen LogP) is 2.10. The Hall–Kier alpha value is -2.16. The molecule has 0 N–H and O–H groups in total. The number of hydrogen-bond donors (Lipinski definition) is 0. The number of anilines is 1. The second-order valence-corrected chi connectivity index (χ2v) is 3.87. The van der Waals surface area contributed by atoms with Crippen molar-refractivity contribution in [2.45, 2.75) is 13.0 Å². The lowest BCUT2D eigenvalue weighted by atomic mass is 10.1. The lowest BCUT2D eigenvalue weighted by Gasteiger charge is -2.28. The monoisotopic (exact) mass is 227 g/mol. The van der Waals surface area contributed by atoms with Crippen LogP contribution < -0.4 is 4.90 Å². The first-order chi connectivity index (χ1) is 8.22. The summed E-state index contributed by atoms with van der Waals surface area (Å²) < 4.78 is 0. The van der Waals surface area contributed by atoms with Gasteiger partial charge in [0, 0.05) is 17.5 Å². The van der Waals surface area contributed by atoms with Gasteiger partial charge < -0.3 is 9.69 Å². The molecule has 0 saturated carbocycles. The van der Waals surface area contributed by atoms with E-state index in [1.807, 2.05) is 30.3 Å². The smallest absolute Gasteiger partial charge is 0.161 e. The molecule has 1 unspecified atom stereocenters. The summed E-state index contributed by atoms with van der Waals surface area (Å²) >= 11 is 0. The summed E-state index contributed by atoms with van der Waals surface area (Å²) in [5, 5.41) is 0. The minimum atomic E-state index is -0.347. The highest BCUT2D eigenvalue weighted by molar-refractivity contribution is 5.97. The van der Waals surface area contributed by atoms with Gasteiger partial charge >= 0.3 is 0 Å². The molecule has 0 fully saturated rings. The average Bonchev–Trinajstić information content (AvgIpc) is 2.39. The molecule has 0 radical (unpaired) electrons. The van der Waals surface area contributed by atoms with Crippen LogP contribution in [0.4, 0.5) is 5.69 Å². The van der Waals surface area contributed by atoms with Gasteiger partial charge in [-0.05, 0) is 19.1 Å². The van der Waals surface area contributed by atoms with Gasteiger partial charge in [-0.25, -0.2) is 0 Å². The summed E-state index contributed by atoms with van der Waals surface area (Å²) in [5.74, 6) is -0.00784. The first-order valence-corrected chi connectivity index (χ1v) is 5.42. The zero-order valence-electron chi connectivity index (χ0n) is 9.54. The van der Waals surface area contributed by atoms with Crippen LogP contribution in [0.15, 0.2) is 54.3 Å². The van der Waals surface area contributed by atoms with Crippen molar-refractivity contribution in [1.29, 1.82) is 0 Å². The molecule has 0 aromatic heterocycles. The number of para-hydroxylation sites is 1. The fourth-order valence-corrected chi connectivity index (χ4v) is 1.74. The van der Waals surface area contributed by atoms with E-state index in [-0.39, 0.29) is 11.8 Å². The highest BCUT2D eigenvalue weighted by Gasteiger charge is 2.19. The Labute approximate surface area is 100 Å². The number of allylic oxidation sites excluding steroid dienone is 2. The van der Waals surface area contributed by atoms with Crippen molar-refractivity contribution >= 4 is 17.8 Å². The van der Waals surface area contributed by atoms with Gasteiger partial charge in [-0.2, -0.15) is 0 Å². The largest absolute Gasteiger partial charge is 0.334 e. The molecule has 1 aromatic carbocycles. The SMILES string of the molecule is CC(=O)C1=CN(c2ccccc2)C(C=O)C=C1. The minimum absolute atomic E-state index is 0.00784. The molecule has 0 amide bonds. The van der Waals surface area contributed by atoms with Gasteiger partial charge in [-0.15, -0.1) is 0 Å². The van der Waals surface area contributed by atoms with Crippen LogP contribution in [0.5, 0.6) is 0 Å². The molecule has 17 heavy (non-hydrogen) atoms. The van der Waals surface area contributed by atoms with Crippen LogP contribution in [0.1, 0.15) is 6.92 Å². The molecule has 0 spiro atoms. The topological polar surface area (TPSA) is 37.4 Å². The standard InChI is InChI=1S/C14H13NO2/c1-11(17)12-7-8-14(10-16)15(9-12)13-5-3-2-4-6-13/h2-10,14H,1H3. The summed E-state index contributed by atoms with van der Waals surface area (Å²) in [4.78, 5) is 24.1. The quantitative estimate of drug-likeness (QED) is 0.742. The highest BCUT2D eigenvalue weighted by Crippen LogP contribution is 2.22. The zero-order chi connectivity index (χ0) is 12.3. The molecule has 86 valence electrons. The van der Waals surface area contributed by atoms with E-state index in [0.29, 0.717) is 5.57 Å². The Bertz CT molecular complexity index is 488. The van der Waals surface area contributed by atoms with Crippen molar-refractivity contribution in [1.82, 2.24) is 0 Å². The van der Waals surface area contributed by atoms with E-state index in [2.05, 4.69) is 0 Å². The van der Waals surface area contributed by atoms with Gasteiger partial charge in [0.25, 0.3) is 0 Å². The average molecular weight is 227 g/mol. The highest BCUT2D eigenvalue weighted by atomic mass is 16.1. The van der Waals surface area contributed by atoms with E-state index in [1.165, 1.54) is 6.92 Å². The second-order valence-electron chi connectivity index (χ2n) is 3.87. The molecule has 1 aliphatic rings. The molecule has 0 aliphatic carbocycles. The number of carbonyl (C=O) groups excluding carboxylic acids is 2. The van der Waals surface area contributed by atoms with Crippen LogP contribution >= 0.6 is 0 Å². The molecule has 1 atom stereocenters. The molecular formula is C14H13NO2. The summed E-state index contributed by atoms with van der Waals surface area (Å²) in [6.07, 6.45) is 6.01. The number of ketones is 1. The molecular weight excluding hydrogens is 214 g/mol. The molecule has 2 rings (SSSR count). The van der Waals surface area contributed by atoms with Crippen LogP contribution in [0, 0.1) is 0 Å². The molecule has 1 heterocycles. The van der Waals surface area contributed by atoms with Crippen LogP contribution in [0.25, 0.3) is 0 Å². The molecule has 3 nitrogen and oxygen atoms in total. The number of benzene rings is 1. The Morgan fingerprint density at radius 2 is 2.00 bits per heavy atom. The Kier molecular flexibility index (Phi) is 3.19. The third-order valence-corrected chi connectivity index (χ3v) is 2.67. The van der Waals surface area contributed by atoms with Crippen molar-refractivity contribution in [3.8, 4) is 0 Å². The Balaban J connectivity index is 2.39. The Morgan fingerprint density at radius 1 is 1.29 bits per heavy atom. The summed E-state index contributed by atoms with van der Waals surface area (Å²) in [6, 6.07) is 9.18. The number of nitrogens with zero attached hydrogens (tertiary/aromatic N) is 1. The van der Waals surface area contributed by atoms with Gasteiger partial charge in [0.05, 0.1) is 0 Å². The Morgan fingerprint density at radius 3 is 2.59 bits per heavy atom. The first kappa shape index (κ1) is 11.3. The van der Waals surface area contributed by atoms with E-state index in [4.69, 9.17) is 0 Å². The van der Waals surface area contributed by atoms with E-state index in [0.717, 1.165) is 12.0 Å². The molecule has 0 bridgehead atoms. The van der Waals surface area contributed by atoms with Crippen molar-refractivity contribution in [2.24, 2.45) is 0 Å². The van der Waals surface area contributed by atoms with Crippen LogP contribution in [0.3, 0.4) is 0 Å². The predicted molar refractivity (Wildman–Crippen MR) is 66.7 cm³/mol. The van der Waals surface area contributed by atoms with Crippen molar-refractivity contribution < 1.29 is 9.59 Å². The fraction of sp³-hybridized carbons (Fsp3) is 0.143. The molecule has 1 aromatic rings. The van der Waals surface area contributed by atoms with E-state index in [9.17, 15) is 9.59 Å². The maximum absolute atomic E-state index is 11.3. The first-order valence-electron chi connectivity index (χ1n) is 5.42. The summed E-state index contributed by atoms with van der Waals surface area (Å²) in [7, 11) is 0. The summed E-state index contributed by atoms with van der Waals surface area (Å²) in [5.41, 5.74) is 1.50. The van der Waals surface area contributed by atoms with E-state index < -0.39 is 0 Å². The van der Waals surface area contributed by atoms with Crippen LogP contribution in [-0.2, 0) is 9.59 Å². The fourth-order valence-electron chi connectivity index (χ4n) is 1.74. The third kappa shape index (κ3) is 2.33.